The van der Waals surface area contributed by atoms with E-state index >= 15 is 0 Å². The molecule has 3 aromatic rings. The van der Waals surface area contributed by atoms with Gasteiger partial charge in [0.1, 0.15) is 5.82 Å². The van der Waals surface area contributed by atoms with Gasteiger partial charge >= 0.3 is 0 Å². The van der Waals surface area contributed by atoms with Crippen LogP contribution in [0.3, 0.4) is 0 Å². The number of piperidine rings is 1. The maximum absolute atomic E-state index is 12.6. The van der Waals surface area contributed by atoms with Gasteiger partial charge in [0.25, 0.3) is 5.91 Å². The van der Waals surface area contributed by atoms with Crippen molar-refractivity contribution in [2.24, 2.45) is 0 Å². The molecule has 1 aliphatic heterocycles. The van der Waals surface area contributed by atoms with Gasteiger partial charge in [0.2, 0.25) is 0 Å². The summed E-state index contributed by atoms with van der Waals surface area (Å²) in [5, 5.41) is 9.35. The number of nitrogens with zero attached hydrogens (tertiary/aromatic N) is 4. The SMILES string of the molecule is Cc1ccsc1C(=O)N1CCC(c2nc(-c3cccnc3)n[nH]2)CC1. The maximum atomic E-state index is 12.6. The Labute approximate surface area is 149 Å². The Morgan fingerprint density at radius 1 is 1.32 bits per heavy atom. The predicted octanol–water partition coefficient (Wildman–Crippen LogP) is 3.26. The van der Waals surface area contributed by atoms with Gasteiger partial charge in [-0.15, -0.1) is 11.3 Å². The zero-order chi connectivity index (χ0) is 17.2. The molecule has 25 heavy (non-hydrogen) atoms. The maximum Gasteiger partial charge on any atom is 0.264 e. The predicted molar refractivity (Wildman–Crippen MR) is 96.5 cm³/mol. The second kappa shape index (κ2) is 6.76. The lowest BCUT2D eigenvalue weighted by molar-refractivity contribution is 0.0715. The van der Waals surface area contributed by atoms with Crippen LogP contribution in [0.5, 0.6) is 0 Å². The summed E-state index contributed by atoms with van der Waals surface area (Å²) in [5.41, 5.74) is 1.97. The van der Waals surface area contributed by atoms with Crippen molar-refractivity contribution in [2.45, 2.75) is 25.7 Å². The molecule has 0 bridgehead atoms. The van der Waals surface area contributed by atoms with E-state index in [0.717, 1.165) is 47.8 Å². The second-order valence-electron chi connectivity index (χ2n) is 6.29. The number of likely N-dealkylation sites (tertiary alicyclic amines) is 1. The first kappa shape index (κ1) is 16.0. The highest BCUT2D eigenvalue weighted by Gasteiger charge is 2.27. The first-order valence-electron chi connectivity index (χ1n) is 8.38. The van der Waals surface area contributed by atoms with Gasteiger partial charge in [-0.05, 0) is 48.9 Å². The lowest BCUT2D eigenvalue weighted by Gasteiger charge is -2.30. The van der Waals surface area contributed by atoms with Gasteiger partial charge in [-0.2, -0.15) is 5.10 Å². The average molecular weight is 353 g/mol. The molecule has 0 spiro atoms. The van der Waals surface area contributed by atoms with Crippen molar-refractivity contribution in [3.05, 3.63) is 52.2 Å². The van der Waals surface area contributed by atoms with E-state index < -0.39 is 0 Å². The Morgan fingerprint density at radius 2 is 2.16 bits per heavy atom. The molecule has 1 fully saturated rings. The summed E-state index contributed by atoms with van der Waals surface area (Å²) in [7, 11) is 0. The fourth-order valence-corrected chi connectivity index (χ4v) is 4.06. The van der Waals surface area contributed by atoms with Crippen LogP contribution in [-0.2, 0) is 0 Å². The fourth-order valence-electron chi connectivity index (χ4n) is 3.17. The summed E-state index contributed by atoms with van der Waals surface area (Å²) < 4.78 is 0. The highest BCUT2D eigenvalue weighted by Crippen LogP contribution is 2.28. The molecule has 1 N–H and O–H groups in total. The monoisotopic (exact) mass is 353 g/mol. The smallest absolute Gasteiger partial charge is 0.264 e. The van der Waals surface area contributed by atoms with E-state index in [1.165, 1.54) is 11.3 Å². The molecule has 0 saturated carbocycles. The van der Waals surface area contributed by atoms with Crippen LogP contribution in [0.2, 0.25) is 0 Å². The molecule has 6 nitrogen and oxygen atoms in total. The zero-order valence-electron chi connectivity index (χ0n) is 14.0. The number of amides is 1. The molecule has 0 aliphatic carbocycles. The summed E-state index contributed by atoms with van der Waals surface area (Å²) in [6, 6.07) is 5.83. The van der Waals surface area contributed by atoms with Crippen LogP contribution in [0.1, 0.15) is 39.8 Å². The molecule has 128 valence electrons. The van der Waals surface area contributed by atoms with Crippen LogP contribution >= 0.6 is 11.3 Å². The molecule has 4 rings (SSSR count). The number of aryl methyl sites for hydroxylation is 1. The van der Waals surface area contributed by atoms with Gasteiger partial charge in [-0.3, -0.25) is 14.9 Å². The molecular weight excluding hydrogens is 334 g/mol. The van der Waals surface area contributed by atoms with Crippen LogP contribution in [0.4, 0.5) is 0 Å². The van der Waals surface area contributed by atoms with Crippen LogP contribution in [-0.4, -0.2) is 44.1 Å². The molecule has 1 amide bonds. The van der Waals surface area contributed by atoms with E-state index in [1.807, 2.05) is 35.4 Å². The minimum atomic E-state index is 0.152. The summed E-state index contributed by atoms with van der Waals surface area (Å²) in [4.78, 5) is 24.2. The third kappa shape index (κ3) is 3.19. The number of pyridine rings is 1. The third-order valence-electron chi connectivity index (χ3n) is 4.65. The summed E-state index contributed by atoms with van der Waals surface area (Å²) in [6.07, 6.45) is 5.30. The van der Waals surface area contributed by atoms with E-state index in [2.05, 4.69) is 20.2 Å². The number of hydrogen-bond donors (Lipinski definition) is 1. The Morgan fingerprint density at radius 3 is 2.84 bits per heavy atom. The molecule has 7 heteroatoms. The number of thiophene rings is 1. The number of aromatic amines is 1. The normalized spacial score (nSPS) is 15.5. The third-order valence-corrected chi connectivity index (χ3v) is 5.65. The quantitative estimate of drug-likeness (QED) is 0.784. The van der Waals surface area contributed by atoms with Gasteiger partial charge in [-0.25, -0.2) is 4.98 Å². The van der Waals surface area contributed by atoms with Crippen molar-refractivity contribution in [3.8, 4) is 11.4 Å². The standard InChI is InChI=1S/C18H19N5OS/c1-12-6-10-25-15(12)18(24)23-8-4-13(5-9-23)16-20-17(22-21-16)14-3-2-7-19-11-14/h2-3,6-7,10-11,13H,4-5,8-9H2,1H3,(H,20,21,22). The van der Waals surface area contributed by atoms with Gasteiger partial charge in [0, 0.05) is 37.0 Å². The topological polar surface area (TPSA) is 74.8 Å². The number of H-pyrrole nitrogens is 1. The number of rotatable bonds is 3. The van der Waals surface area contributed by atoms with E-state index in [1.54, 1.807) is 12.4 Å². The number of carbonyl (C=O) groups excluding carboxylic acids is 1. The number of nitrogens with one attached hydrogen (secondary N) is 1. The molecule has 1 aliphatic rings. The second-order valence-corrected chi connectivity index (χ2v) is 7.20. The largest absolute Gasteiger partial charge is 0.338 e. The van der Waals surface area contributed by atoms with Crippen molar-refractivity contribution in [2.75, 3.05) is 13.1 Å². The summed E-state index contributed by atoms with van der Waals surface area (Å²) >= 11 is 1.52. The molecule has 0 aromatic carbocycles. The fraction of sp³-hybridized carbons (Fsp3) is 0.333. The van der Waals surface area contributed by atoms with Crippen molar-refractivity contribution in [1.82, 2.24) is 25.1 Å². The molecule has 4 heterocycles. The Balaban J connectivity index is 1.42. The van der Waals surface area contributed by atoms with Crippen molar-refractivity contribution in [3.63, 3.8) is 0 Å². The van der Waals surface area contributed by atoms with Crippen LogP contribution < -0.4 is 0 Å². The number of carbonyl (C=O) groups is 1. The van der Waals surface area contributed by atoms with Gasteiger partial charge in [0.05, 0.1) is 4.88 Å². The van der Waals surface area contributed by atoms with Gasteiger partial charge in [0.15, 0.2) is 5.82 Å². The van der Waals surface area contributed by atoms with E-state index in [4.69, 9.17) is 0 Å². The number of hydrogen-bond acceptors (Lipinski definition) is 5. The van der Waals surface area contributed by atoms with Crippen molar-refractivity contribution < 1.29 is 4.79 Å². The van der Waals surface area contributed by atoms with Crippen LogP contribution in [0.15, 0.2) is 36.0 Å². The first-order chi connectivity index (χ1) is 12.2. The summed E-state index contributed by atoms with van der Waals surface area (Å²) in [6.45, 7) is 3.50. The zero-order valence-corrected chi connectivity index (χ0v) is 14.8. The van der Waals surface area contributed by atoms with Gasteiger partial charge in [-0.1, -0.05) is 0 Å². The molecule has 0 atom stereocenters. The number of aromatic nitrogens is 4. The minimum Gasteiger partial charge on any atom is -0.338 e. The summed E-state index contributed by atoms with van der Waals surface area (Å²) in [5.74, 6) is 2.04. The molecule has 3 aromatic heterocycles. The Bertz CT molecular complexity index is 864. The van der Waals surface area contributed by atoms with E-state index in [9.17, 15) is 4.79 Å². The van der Waals surface area contributed by atoms with Crippen molar-refractivity contribution in [1.29, 1.82) is 0 Å². The van der Waals surface area contributed by atoms with Gasteiger partial charge < -0.3 is 4.90 Å². The van der Waals surface area contributed by atoms with Crippen molar-refractivity contribution >= 4 is 17.2 Å². The Hall–Kier alpha value is -2.54. The van der Waals surface area contributed by atoms with Crippen LogP contribution in [0, 0.1) is 6.92 Å². The highest BCUT2D eigenvalue weighted by atomic mass is 32.1. The first-order valence-corrected chi connectivity index (χ1v) is 9.26. The minimum absolute atomic E-state index is 0.152. The lowest BCUT2D eigenvalue weighted by Crippen LogP contribution is -2.38. The van der Waals surface area contributed by atoms with Crippen LogP contribution in [0.25, 0.3) is 11.4 Å². The van der Waals surface area contributed by atoms with E-state index in [-0.39, 0.29) is 5.91 Å². The average Bonchev–Trinajstić information content (AvgIpc) is 3.31. The molecule has 1 saturated heterocycles. The van der Waals surface area contributed by atoms with E-state index in [0.29, 0.717) is 11.7 Å². The lowest BCUT2D eigenvalue weighted by atomic mass is 9.96. The highest BCUT2D eigenvalue weighted by molar-refractivity contribution is 7.12. The molecule has 0 unspecified atom stereocenters. The molecule has 0 radical (unpaired) electrons. The molecular formula is C18H19N5OS. The Kier molecular flexibility index (Phi) is 4.31.